The van der Waals surface area contributed by atoms with Crippen LogP contribution in [0.3, 0.4) is 0 Å². The molecule has 4 heterocycles. The van der Waals surface area contributed by atoms with Crippen molar-refractivity contribution in [2.24, 2.45) is 0 Å². The third-order valence-corrected chi connectivity index (χ3v) is 6.89. The predicted molar refractivity (Wildman–Crippen MR) is 144 cm³/mol. The fourth-order valence-electron chi connectivity index (χ4n) is 4.59. The van der Waals surface area contributed by atoms with E-state index in [0.717, 1.165) is 12.8 Å². The Morgan fingerprint density at radius 3 is 2.83 bits per heavy atom. The summed E-state index contributed by atoms with van der Waals surface area (Å²) in [6, 6.07) is 5.67. The van der Waals surface area contributed by atoms with Crippen LogP contribution in [0.15, 0.2) is 53.8 Å². The first-order valence-corrected chi connectivity index (χ1v) is 12.9. The van der Waals surface area contributed by atoms with Gasteiger partial charge >= 0.3 is 0 Å². The van der Waals surface area contributed by atoms with Gasteiger partial charge in [-0.05, 0) is 49.6 Å². The number of rotatable bonds is 9. The molecule has 210 valence electrons. The molecule has 1 aromatic carbocycles. The maximum atomic E-state index is 14.0. The van der Waals surface area contributed by atoms with Gasteiger partial charge in [-0.3, -0.25) is 14.2 Å². The molecule has 0 radical (unpaired) electrons. The van der Waals surface area contributed by atoms with Crippen molar-refractivity contribution in [2.45, 2.75) is 37.9 Å². The second-order valence-corrected chi connectivity index (χ2v) is 9.54. The van der Waals surface area contributed by atoms with Crippen molar-refractivity contribution < 1.29 is 23.8 Å². The van der Waals surface area contributed by atoms with Crippen molar-refractivity contribution >= 4 is 17.4 Å². The fraction of sp³-hybridized carbons (Fsp3) is 0.370. The molecular formula is C27H30FN7O5. The van der Waals surface area contributed by atoms with Gasteiger partial charge in [-0.25, -0.2) is 18.9 Å². The number of anilines is 1. The highest BCUT2D eigenvalue weighted by Crippen LogP contribution is 2.23. The minimum absolute atomic E-state index is 0.229. The van der Waals surface area contributed by atoms with Gasteiger partial charge in [-0.1, -0.05) is 0 Å². The van der Waals surface area contributed by atoms with Crippen molar-refractivity contribution in [2.75, 3.05) is 32.2 Å². The number of hydrogen-bond acceptors (Lipinski definition) is 9. The highest BCUT2D eigenvalue weighted by atomic mass is 19.1. The Labute approximate surface area is 228 Å². The van der Waals surface area contributed by atoms with Gasteiger partial charge in [0.1, 0.15) is 29.5 Å². The molecule has 12 nitrogen and oxygen atoms in total. The van der Waals surface area contributed by atoms with Gasteiger partial charge in [-0.2, -0.15) is 5.10 Å². The van der Waals surface area contributed by atoms with E-state index >= 15 is 0 Å². The van der Waals surface area contributed by atoms with E-state index < -0.39 is 36.0 Å². The van der Waals surface area contributed by atoms with E-state index in [4.69, 9.17) is 9.47 Å². The van der Waals surface area contributed by atoms with Crippen molar-refractivity contribution in [3.05, 3.63) is 70.8 Å². The van der Waals surface area contributed by atoms with E-state index in [9.17, 15) is 19.1 Å². The van der Waals surface area contributed by atoms with Gasteiger partial charge in [0.2, 0.25) is 11.9 Å². The number of hydrogen-bond donors (Lipinski definition) is 3. The second kappa shape index (κ2) is 11.8. The van der Waals surface area contributed by atoms with Crippen LogP contribution in [0.5, 0.6) is 5.75 Å². The van der Waals surface area contributed by atoms with E-state index in [1.807, 2.05) is 0 Å². The maximum Gasteiger partial charge on any atom is 0.278 e. The molecule has 1 saturated heterocycles. The second-order valence-electron chi connectivity index (χ2n) is 9.54. The quantitative estimate of drug-likeness (QED) is 0.285. The number of carbonyl (C=O) groups excluding carboxylic acids is 1. The van der Waals surface area contributed by atoms with Gasteiger partial charge < -0.3 is 25.2 Å². The fourth-order valence-corrected chi connectivity index (χ4v) is 4.59. The molecule has 0 spiro atoms. The summed E-state index contributed by atoms with van der Waals surface area (Å²) in [6.45, 7) is 2.44. The van der Waals surface area contributed by atoms with E-state index in [1.54, 1.807) is 24.5 Å². The number of nitrogens with zero attached hydrogens (tertiary/aromatic N) is 5. The smallest absolute Gasteiger partial charge is 0.278 e. The first-order chi connectivity index (χ1) is 19.4. The molecule has 3 aromatic heterocycles. The Balaban J connectivity index is 1.36. The molecule has 1 aliphatic rings. The van der Waals surface area contributed by atoms with Gasteiger partial charge in [0.25, 0.3) is 5.56 Å². The minimum Gasteiger partial charge on any atom is -0.497 e. The normalized spacial score (nSPS) is 15.5. The molecule has 1 aliphatic heterocycles. The lowest BCUT2D eigenvalue weighted by Crippen LogP contribution is -2.39. The largest absolute Gasteiger partial charge is 0.497 e. The first kappa shape index (κ1) is 27.2. The molecule has 0 aliphatic carbocycles. The molecule has 13 heteroatoms. The summed E-state index contributed by atoms with van der Waals surface area (Å²) in [6.07, 6.45) is 6.35. The zero-order valence-corrected chi connectivity index (χ0v) is 22.1. The number of fused-ring (bicyclic) bond motifs is 1. The average Bonchev–Trinajstić information content (AvgIpc) is 3.41. The zero-order chi connectivity index (χ0) is 28.2. The number of halogens is 1. The SMILES string of the molecule is COc1cc(F)cc([C@@H](CO)NC(=O)C(C)n2cnn3cc(-c4ccnc(NC5CCOCC5)n4)cc3c2=O)c1. The molecular weight excluding hydrogens is 521 g/mol. The van der Waals surface area contributed by atoms with Crippen LogP contribution in [0.25, 0.3) is 16.8 Å². The number of ether oxygens (including phenoxy) is 2. The third-order valence-electron chi connectivity index (χ3n) is 6.89. The van der Waals surface area contributed by atoms with E-state index in [2.05, 4.69) is 25.7 Å². The van der Waals surface area contributed by atoms with Gasteiger partial charge in [0, 0.05) is 43.3 Å². The van der Waals surface area contributed by atoms with Crippen LogP contribution < -0.4 is 20.9 Å². The molecule has 1 amide bonds. The summed E-state index contributed by atoms with van der Waals surface area (Å²) in [7, 11) is 1.39. The minimum atomic E-state index is -0.970. The Morgan fingerprint density at radius 2 is 2.08 bits per heavy atom. The highest BCUT2D eigenvalue weighted by Gasteiger charge is 2.23. The number of aliphatic hydroxyl groups excluding tert-OH is 1. The number of aliphatic hydroxyl groups is 1. The highest BCUT2D eigenvalue weighted by molar-refractivity contribution is 5.80. The molecule has 4 aromatic rings. The molecule has 0 saturated carbocycles. The molecule has 1 fully saturated rings. The summed E-state index contributed by atoms with van der Waals surface area (Å²) in [5, 5.41) is 20.2. The van der Waals surface area contributed by atoms with Crippen LogP contribution in [-0.4, -0.2) is 68.1 Å². The number of methoxy groups -OCH3 is 1. The standard InChI is InChI=1S/C27H30FN7O5/c1-16(25(37)32-23(14-36)17-9-19(28)12-21(10-17)39-2)34-15-30-35-13-18(11-24(35)26(34)38)22-3-6-29-27(33-22)31-20-4-7-40-8-5-20/h3,6,9-13,15-16,20,23,36H,4-5,7-8,14H2,1-2H3,(H,32,37)(H,29,31,33)/t16?,23-/m1/s1. The molecule has 0 bridgehead atoms. The lowest BCUT2D eigenvalue weighted by molar-refractivity contribution is -0.125. The van der Waals surface area contributed by atoms with Crippen molar-refractivity contribution in [3.63, 3.8) is 0 Å². The van der Waals surface area contributed by atoms with Crippen LogP contribution >= 0.6 is 0 Å². The van der Waals surface area contributed by atoms with Crippen LogP contribution in [0.4, 0.5) is 10.3 Å². The zero-order valence-electron chi connectivity index (χ0n) is 22.1. The monoisotopic (exact) mass is 551 g/mol. The Kier molecular flexibility index (Phi) is 8.03. The van der Waals surface area contributed by atoms with Crippen molar-refractivity contribution in [1.82, 2.24) is 29.5 Å². The van der Waals surface area contributed by atoms with Crippen LogP contribution in [0.1, 0.15) is 37.4 Å². The number of nitrogens with one attached hydrogen (secondary N) is 2. The van der Waals surface area contributed by atoms with Gasteiger partial charge in [0.15, 0.2) is 0 Å². The van der Waals surface area contributed by atoms with E-state index in [0.29, 0.717) is 36.0 Å². The maximum absolute atomic E-state index is 14.0. The topological polar surface area (TPSA) is 145 Å². The van der Waals surface area contributed by atoms with Crippen LogP contribution in [-0.2, 0) is 9.53 Å². The molecule has 40 heavy (non-hydrogen) atoms. The lowest BCUT2D eigenvalue weighted by atomic mass is 10.1. The van der Waals surface area contributed by atoms with E-state index in [1.165, 1.54) is 47.6 Å². The van der Waals surface area contributed by atoms with Crippen molar-refractivity contribution in [3.8, 4) is 17.0 Å². The summed E-state index contributed by atoms with van der Waals surface area (Å²) >= 11 is 0. The Hall–Kier alpha value is -4.36. The molecule has 5 rings (SSSR count). The van der Waals surface area contributed by atoms with Gasteiger partial charge in [-0.15, -0.1) is 0 Å². The summed E-state index contributed by atoms with van der Waals surface area (Å²) < 4.78 is 27.1. The summed E-state index contributed by atoms with van der Waals surface area (Å²) in [4.78, 5) is 35.3. The van der Waals surface area contributed by atoms with Crippen LogP contribution in [0.2, 0.25) is 0 Å². The van der Waals surface area contributed by atoms with Gasteiger partial charge in [0.05, 0.1) is 25.5 Å². The first-order valence-electron chi connectivity index (χ1n) is 12.9. The molecule has 3 N–H and O–H groups in total. The van der Waals surface area contributed by atoms with Crippen LogP contribution in [0, 0.1) is 5.82 Å². The third kappa shape index (κ3) is 5.80. The number of amides is 1. The summed E-state index contributed by atoms with van der Waals surface area (Å²) in [5.41, 5.74) is 1.42. The number of carbonyl (C=O) groups is 1. The Bertz CT molecular complexity index is 1570. The average molecular weight is 552 g/mol. The summed E-state index contributed by atoms with van der Waals surface area (Å²) in [5.74, 6) is -0.382. The number of benzene rings is 1. The molecule has 1 unspecified atom stereocenters. The molecule has 2 atom stereocenters. The van der Waals surface area contributed by atoms with E-state index in [-0.39, 0.29) is 17.3 Å². The number of aromatic nitrogens is 5. The van der Waals surface area contributed by atoms with Crippen molar-refractivity contribution in [1.29, 1.82) is 0 Å². The predicted octanol–water partition coefficient (Wildman–Crippen LogP) is 2.10. The lowest BCUT2D eigenvalue weighted by Gasteiger charge is -2.23. The Morgan fingerprint density at radius 1 is 1.27 bits per heavy atom.